The molecule has 4 rings (SSSR count). The van der Waals surface area contributed by atoms with Gasteiger partial charge in [0.05, 0.1) is 30.8 Å². The Balaban J connectivity index is 1.80. The number of carbonyl (C=O) groups is 2. The summed E-state index contributed by atoms with van der Waals surface area (Å²) in [5.41, 5.74) is 4.44. The minimum absolute atomic E-state index is 0.124. The van der Waals surface area contributed by atoms with Gasteiger partial charge in [-0.25, -0.2) is 4.99 Å². The summed E-state index contributed by atoms with van der Waals surface area (Å²) in [6.07, 6.45) is -0.350. The van der Waals surface area contributed by atoms with Crippen LogP contribution in [0.15, 0.2) is 41.4 Å². The molecule has 0 aromatic heterocycles. The number of amidine groups is 1. The maximum absolute atomic E-state index is 12.7. The number of ether oxygens (including phenoxy) is 2. The van der Waals surface area contributed by atoms with E-state index in [1.54, 1.807) is 7.11 Å². The van der Waals surface area contributed by atoms with Crippen LogP contribution in [-0.4, -0.2) is 78.8 Å². The van der Waals surface area contributed by atoms with Crippen molar-refractivity contribution < 1.29 is 24.2 Å². The van der Waals surface area contributed by atoms with E-state index in [2.05, 4.69) is 42.3 Å². The first kappa shape index (κ1) is 27.9. The summed E-state index contributed by atoms with van der Waals surface area (Å²) in [6.45, 7) is 5.84. The quantitative estimate of drug-likeness (QED) is 0.450. The number of hydrogen-bond acceptors (Lipinski definition) is 8. The molecule has 2 aliphatic heterocycles. The second-order valence-corrected chi connectivity index (χ2v) is 10.5. The first-order valence-electron chi connectivity index (χ1n) is 12.8. The molecule has 204 valence electrons. The molecule has 10 heteroatoms. The van der Waals surface area contributed by atoms with E-state index in [0.717, 1.165) is 28.9 Å². The van der Waals surface area contributed by atoms with Crippen molar-refractivity contribution in [3.8, 4) is 0 Å². The molecular formula is C28H35ClN4O5. The monoisotopic (exact) mass is 542 g/mol. The Morgan fingerprint density at radius 1 is 1.16 bits per heavy atom. The molecule has 2 aliphatic rings. The number of likely N-dealkylation sites (N-methyl/N-ethyl adjacent to an activating group) is 1. The number of anilines is 2. The fraction of sp³-hybridized carbons (Fsp3) is 0.464. The highest BCUT2D eigenvalue weighted by Crippen LogP contribution is 2.38. The molecular weight excluding hydrogens is 508 g/mol. The molecule has 0 amide bonds. The number of benzene rings is 2. The fourth-order valence-corrected chi connectivity index (χ4v) is 4.91. The molecule has 0 bridgehead atoms. The molecule has 2 heterocycles. The number of aliphatic carboxylic acids is 1. The lowest BCUT2D eigenvalue weighted by atomic mass is 9.98. The number of nitrogens with zero attached hydrogens (tertiary/aromatic N) is 3. The summed E-state index contributed by atoms with van der Waals surface area (Å²) in [4.78, 5) is 33.0. The number of nitrogens with one attached hydrogen (secondary N) is 1. The molecule has 0 saturated carbocycles. The average molecular weight is 543 g/mol. The zero-order chi connectivity index (χ0) is 27.4. The third-order valence-corrected chi connectivity index (χ3v) is 7.20. The van der Waals surface area contributed by atoms with Gasteiger partial charge in [-0.2, -0.15) is 0 Å². The summed E-state index contributed by atoms with van der Waals surface area (Å²) in [7, 11) is 3.67. The summed E-state index contributed by atoms with van der Waals surface area (Å²) in [6, 6.07) is 11.9. The highest BCUT2D eigenvalue weighted by molar-refractivity contribution is 6.31. The van der Waals surface area contributed by atoms with E-state index in [1.165, 1.54) is 0 Å². The number of halogens is 1. The van der Waals surface area contributed by atoms with Crippen LogP contribution in [0.1, 0.15) is 50.2 Å². The second-order valence-electron chi connectivity index (χ2n) is 10.0. The molecule has 2 aromatic rings. The Morgan fingerprint density at radius 3 is 2.63 bits per heavy atom. The van der Waals surface area contributed by atoms with Gasteiger partial charge in [0.25, 0.3) is 0 Å². The zero-order valence-corrected chi connectivity index (χ0v) is 23.0. The van der Waals surface area contributed by atoms with Crippen molar-refractivity contribution in [3.63, 3.8) is 0 Å². The molecule has 0 spiro atoms. The molecule has 1 unspecified atom stereocenters. The third kappa shape index (κ3) is 6.46. The van der Waals surface area contributed by atoms with Crippen molar-refractivity contribution in [2.24, 2.45) is 4.99 Å². The Labute approximate surface area is 228 Å². The number of carboxylic acids is 1. The van der Waals surface area contributed by atoms with E-state index in [4.69, 9.17) is 31.2 Å². The van der Waals surface area contributed by atoms with Crippen molar-refractivity contribution in [1.82, 2.24) is 9.80 Å². The number of aliphatic imine (C=N–C) groups is 1. The number of fused-ring (bicyclic) bond motifs is 2. The van der Waals surface area contributed by atoms with Crippen LogP contribution >= 0.6 is 11.6 Å². The van der Waals surface area contributed by atoms with Gasteiger partial charge in [-0.3, -0.25) is 14.5 Å². The minimum Gasteiger partial charge on any atom is -0.481 e. The highest BCUT2D eigenvalue weighted by Gasteiger charge is 2.37. The van der Waals surface area contributed by atoms with Crippen molar-refractivity contribution >= 4 is 46.4 Å². The highest BCUT2D eigenvalue weighted by atomic mass is 35.5. The maximum Gasteiger partial charge on any atom is 0.308 e. The molecule has 0 aliphatic carbocycles. The van der Waals surface area contributed by atoms with Gasteiger partial charge in [0.2, 0.25) is 0 Å². The SMILES string of the molecule is COCC[C@H]1CN(C2=Nc3cc(Cl)ccc3Nc3ccc(C(C)C)cc32)C(OC(=O)CCC(=O)O)CN1C. The molecule has 1 fully saturated rings. The van der Waals surface area contributed by atoms with Crippen molar-refractivity contribution in [2.75, 3.05) is 39.2 Å². The van der Waals surface area contributed by atoms with Crippen molar-refractivity contribution in [2.45, 2.75) is 51.3 Å². The van der Waals surface area contributed by atoms with Gasteiger partial charge in [-0.1, -0.05) is 31.5 Å². The van der Waals surface area contributed by atoms with Crippen molar-refractivity contribution in [1.29, 1.82) is 0 Å². The average Bonchev–Trinajstić information content (AvgIpc) is 3.03. The second kappa shape index (κ2) is 12.1. The molecule has 38 heavy (non-hydrogen) atoms. The minimum atomic E-state index is -1.04. The van der Waals surface area contributed by atoms with Gasteiger partial charge in [0, 0.05) is 42.6 Å². The van der Waals surface area contributed by atoms with Crippen LogP contribution < -0.4 is 5.32 Å². The normalized spacial score (nSPS) is 19.2. The Bertz CT molecular complexity index is 1220. The van der Waals surface area contributed by atoms with Gasteiger partial charge in [-0.15, -0.1) is 0 Å². The van der Waals surface area contributed by atoms with Crippen LogP contribution in [0.5, 0.6) is 0 Å². The summed E-state index contributed by atoms with van der Waals surface area (Å²) in [5.74, 6) is -0.629. The van der Waals surface area contributed by atoms with Gasteiger partial charge < -0.3 is 24.8 Å². The van der Waals surface area contributed by atoms with Gasteiger partial charge in [0.1, 0.15) is 5.84 Å². The van der Waals surface area contributed by atoms with E-state index >= 15 is 0 Å². The number of carbonyl (C=O) groups excluding carboxylic acids is 1. The smallest absolute Gasteiger partial charge is 0.308 e. The van der Waals surface area contributed by atoms with E-state index < -0.39 is 18.2 Å². The van der Waals surface area contributed by atoms with E-state index in [-0.39, 0.29) is 18.9 Å². The van der Waals surface area contributed by atoms with Crippen LogP contribution in [0.3, 0.4) is 0 Å². The largest absolute Gasteiger partial charge is 0.481 e. The van der Waals surface area contributed by atoms with E-state index in [9.17, 15) is 9.59 Å². The van der Waals surface area contributed by atoms with E-state index in [1.807, 2.05) is 30.1 Å². The molecule has 2 N–H and O–H groups in total. The van der Waals surface area contributed by atoms with Crippen LogP contribution in [0.2, 0.25) is 5.02 Å². The predicted molar refractivity (Wildman–Crippen MR) is 148 cm³/mol. The van der Waals surface area contributed by atoms with Gasteiger partial charge >= 0.3 is 11.9 Å². The third-order valence-electron chi connectivity index (χ3n) is 6.97. The molecule has 2 aromatic carbocycles. The van der Waals surface area contributed by atoms with Gasteiger partial charge in [-0.05, 0) is 55.3 Å². The number of piperazine rings is 1. The van der Waals surface area contributed by atoms with E-state index in [0.29, 0.717) is 42.2 Å². The Morgan fingerprint density at radius 2 is 1.92 bits per heavy atom. The first-order valence-corrected chi connectivity index (χ1v) is 13.2. The number of methoxy groups -OCH3 is 1. The van der Waals surface area contributed by atoms with Crippen molar-refractivity contribution in [3.05, 3.63) is 52.5 Å². The molecule has 0 radical (unpaired) electrons. The lowest BCUT2D eigenvalue weighted by Gasteiger charge is -2.45. The number of esters is 1. The number of hydrogen-bond donors (Lipinski definition) is 2. The topological polar surface area (TPSA) is 104 Å². The zero-order valence-electron chi connectivity index (χ0n) is 22.2. The van der Waals surface area contributed by atoms with Crippen LogP contribution in [0, 0.1) is 0 Å². The summed E-state index contributed by atoms with van der Waals surface area (Å²) < 4.78 is 11.3. The predicted octanol–water partition coefficient (Wildman–Crippen LogP) is 4.99. The number of rotatable bonds is 8. The Kier molecular flexibility index (Phi) is 8.91. The summed E-state index contributed by atoms with van der Waals surface area (Å²) in [5, 5.41) is 13.1. The fourth-order valence-electron chi connectivity index (χ4n) is 4.74. The standard InChI is InChI=1S/C28H35ClN4O5/c1-17(2)18-5-7-22-21(13-18)28(31-24-14-19(29)6-8-23(24)30-22)33-15-20(11-12-37-4)32(3)16-25(33)38-27(36)10-9-26(34)35/h5-8,13-14,17,20,25,30H,9-12,15-16H2,1-4H3,(H,34,35)/t20-,25?/m0/s1. The lowest BCUT2D eigenvalue weighted by molar-refractivity contribution is -0.163. The van der Waals surface area contributed by atoms with Crippen LogP contribution in [0.25, 0.3) is 0 Å². The Hall–Kier alpha value is -3.14. The lowest BCUT2D eigenvalue weighted by Crippen LogP contribution is -2.60. The molecule has 1 saturated heterocycles. The first-order chi connectivity index (χ1) is 18.2. The maximum atomic E-state index is 12.7. The van der Waals surface area contributed by atoms with Crippen LogP contribution in [0.4, 0.5) is 17.1 Å². The van der Waals surface area contributed by atoms with Gasteiger partial charge in [0.15, 0.2) is 6.23 Å². The molecule has 9 nitrogen and oxygen atoms in total. The molecule has 2 atom stereocenters. The number of carboxylic acid groups (broad SMARTS) is 1. The summed E-state index contributed by atoms with van der Waals surface area (Å²) >= 11 is 6.35. The van der Waals surface area contributed by atoms with Crippen LogP contribution in [-0.2, 0) is 19.1 Å².